The van der Waals surface area contributed by atoms with Crippen LogP contribution in [0.15, 0.2) is 53.6 Å². The maximum atomic E-state index is 12.2. The summed E-state index contributed by atoms with van der Waals surface area (Å²) in [7, 11) is 1.54. The number of rotatable bonds is 6. The molecule has 2 aromatic rings. The van der Waals surface area contributed by atoms with Gasteiger partial charge < -0.3 is 4.74 Å². The molecule has 0 atom stereocenters. The van der Waals surface area contributed by atoms with Crippen molar-refractivity contribution in [1.29, 1.82) is 0 Å². The molecule has 0 saturated carbocycles. The fourth-order valence-electron chi connectivity index (χ4n) is 2.29. The molecule has 0 aliphatic rings. The lowest BCUT2D eigenvalue weighted by Crippen LogP contribution is -2.20. The van der Waals surface area contributed by atoms with Crippen LogP contribution in [-0.4, -0.2) is 18.7 Å². The van der Waals surface area contributed by atoms with Gasteiger partial charge in [-0.3, -0.25) is 4.79 Å². The van der Waals surface area contributed by atoms with Crippen LogP contribution in [0.1, 0.15) is 41.8 Å². The maximum absolute atomic E-state index is 12.2. The Labute approximate surface area is 137 Å². The van der Waals surface area contributed by atoms with Gasteiger partial charge in [0.2, 0.25) is 0 Å². The molecule has 0 fully saturated rings. The minimum absolute atomic E-state index is 0.288. The van der Waals surface area contributed by atoms with E-state index in [0.717, 1.165) is 24.1 Å². The number of para-hydroxylation sites is 1. The van der Waals surface area contributed by atoms with Gasteiger partial charge in [-0.2, -0.15) is 5.10 Å². The van der Waals surface area contributed by atoms with Crippen LogP contribution in [0.3, 0.4) is 0 Å². The normalized spacial score (nSPS) is 11.2. The molecule has 0 radical (unpaired) electrons. The minimum atomic E-state index is -0.288. The van der Waals surface area contributed by atoms with Crippen LogP contribution in [-0.2, 0) is 6.42 Å². The van der Waals surface area contributed by atoms with Crippen LogP contribution < -0.4 is 10.2 Å². The zero-order valence-corrected chi connectivity index (χ0v) is 13.8. The van der Waals surface area contributed by atoms with Crippen molar-refractivity contribution in [1.82, 2.24) is 5.43 Å². The van der Waals surface area contributed by atoms with Gasteiger partial charge in [-0.05, 0) is 36.6 Å². The summed E-state index contributed by atoms with van der Waals surface area (Å²) in [6.45, 7) is 4.03. The number of aryl methyl sites for hydroxylation is 1. The Morgan fingerprint density at radius 2 is 1.83 bits per heavy atom. The SMILES string of the molecule is CCCc1ccc(/C(C)=N\NC(=O)c2ccccc2OC)cc1. The van der Waals surface area contributed by atoms with Gasteiger partial charge in [-0.15, -0.1) is 0 Å². The molecule has 2 aromatic carbocycles. The van der Waals surface area contributed by atoms with E-state index in [2.05, 4.69) is 29.6 Å². The lowest BCUT2D eigenvalue weighted by Gasteiger charge is -2.07. The number of hydrogen-bond acceptors (Lipinski definition) is 3. The third-order valence-electron chi connectivity index (χ3n) is 3.59. The summed E-state index contributed by atoms with van der Waals surface area (Å²) in [4.78, 5) is 12.2. The molecule has 1 N–H and O–H groups in total. The summed E-state index contributed by atoms with van der Waals surface area (Å²) >= 11 is 0. The van der Waals surface area contributed by atoms with Gasteiger partial charge in [0.05, 0.1) is 18.4 Å². The Bertz CT molecular complexity index is 691. The molecule has 0 saturated heterocycles. The van der Waals surface area contributed by atoms with Crippen LogP contribution in [0.25, 0.3) is 0 Å². The number of hydrazone groups is 1. The number of methoxy groups -OCH3 is 1. The monoisotopic (exact) mass is 310 g/mol. The lowest BCUT2D eigenvalue weighted by atomic mass is 10.1. The first-order valence-corrected chi connectivity index (χ1v) is 7.72. The number of nitrogens with one attached hydrogen (secondary N) is 1. The average molecular weight is 310 g/mol. The summed E-state index contributed by atoms with van der Waals surface area (Å²) in [6.07, 6.45) is 2.20. The van der Waals surface area contributed by atoms with Crippen LogP contribution in [0.5, 0.6) is 5.75 Å². The Morgan fingerprint density at radius 3 is 2.48 bits per heavy atom. The largest absolute Gasteiger partial charge is 0.496 e. The van der Waals surface area contributed by atoms with Gasteiger partial charge in [-0.25, -0.2) is 5.43 Å². The number of carbonyl (C=O) groups excluding carboxylic acids is 1. The van der Waals surface area contributed by atoms with Gasteiger partial charge in [0, 0.05) is 0 Å². The predicted molar refractivity (Wildman–Crippen MR) is 93.1 cm³/mol. The van der Waals surface area contributed by atoms with Gasteiger partial charge in [-0.1, -0.05) is 49.7 Å². The van der Waals surface area contributed by atoms with E-state index in [0.29, 0.717) is 11.3 Å². The first-order valence-electron chi connectivity index (χ1n) is 7.72. The van der Waals surface area contributed by atoms with Crippen molar-refractivity contribution in [3.63, 3.8) is 0 Å². The van der Waals surface area contributed by atoms with E-state index in [1.165, 1.54) is 5.56 Å². The van der Waals surface area contributed by atoms with Crippen molar-refractivity contribution in [3.05, 3.63) is 65.2 Å². The second-order valence-electron chi connectivity index (χ2n) is 5.29. The first kappa shape index (κ1) is 16.7. The molecule has 4 heteroatoms. The van der Waals surface area contributed by atoms with E-state index in [1.54, 1.807) is 25.3 Å². The molecule has 0 aromatic heterocycles. The maximum Gasteiger partial charge on any atom is 0.275 e. The molecule has 23 heavy (non-hydrogen) atoms. The van der Waals surface area contributed by atoms with Crippen molar-refractivity contribution < 1.29 is 9.53 Å². The first-order chi connectivity index (χ1) is 11.2. The van der Waals surface area contributed by atoms with E-state index in [4.69, 9.17) is 4.74 Å². The highest BCUT2D eigenvalue weighted by atomic mass is 16.5. The quantitative estimate of drug-likeness (QED) is 0.651. The Balaban J connectivity index is 2.08. The van der Waals surface area contributed by atoms with Crippen molar-refractivity contribution in [2.24, 2.45) is 5.10 Å². The van der Waals surface area contributed by atoms with Crippen LogP contribution in [0, 0.1) is 0 Å². The Hall–Kier alpha value is -2.62. The van der Waals surface area contributed by atoms with Crippen LogP contribution in [0.4, 0.5) is 0 Å². The van der Waals surface area contributed by atoms with E-state index in [-0.39, 0.29) is 5.91 Å². The molecule has 0 aliphatic carbocycles. The number of hydrogen-bond donors (Lipinski definition) is 1. The lowest BCUT2D eigenvalue weighted by molar-refractivity contribution is 0.0952. The molecule has 0 unspecified atom stereocenters. The van der Waals surface area contributed by atoms with Crippen LogP contribution in [0.2, 0.25) is 0 Å². The zero-order chi connectivity index (χ0) is 16.7. The van der Waals surface area contributed by atoms with Gasteiger partial charge in [0.15, 0.2) is 0 Å². The number of amides is 1. The fourth-order valence-corrected chi connectivity index (χ4v) is 2.29. The van der Waals surface area contributed by atoms with E-state index >= 15 is 0 Å². The summed E-state index contributed by atoms with van der Waals surface area (Å²) in [5.74, 6) is 0.242. The summed E-state index contributed by atoms with van der Waals surface area (Å²) in [6, 6.07) is 15.3. The Morgan fingerprint density at radius 1 is 1.13 bits per heavy atom. The predicted octanol–water partition coefficient (Wildman–Crippen LogP) is 3.80. The molecule has 0 aliphatic heterocycles. The number of nitrogens with zero attached hydrogens (tertiary/aromatic N) is 1. The standard InChI is InChI=1S/C19H22N2O2/c1-4-7-15-10-12-16(13-11-15)14(2)20-21-19(22)17-8-5-6-9-18(17)23-3/h5-6,8-13H,4,7H2,1-3H3,(H,21,22)/b20-14-. The molecule has 4 nitrogen and oxygen atoms in total. The molecule has 0 spiro atoms. The zero-order valence-electron chi connectivity index (χ0n) is 13.8. The van der Waals surface area contributed by atoms with Crippen molar-refractivity contribution in [2.75, 3.05) is 7.11 Å². The van der Waals surface area contributed by atoms with Gasteiger partial charge in [0.25, 0.3) is 5.91 Å². The second-order valence-corrected chi connectivity index (χ2v) is 5.29. The third-order valence-corrected chi connectivity index (χ3v) is 3.59. The summed E-state index contributed by atoms with van der Waals surface area (Å²) < 4.78 is 5.18. The topological polar surface area (TPSA) is 50.7 Å². The Kier molecular flexibility index (Phi) is 5.92. The molecule has 1 amide bonds. The number of carbonyl (C=O) groups is 1. The summed E-state index contributed by atoms with van der Waals surface area (Å²) in [5, 5.41) is 4.18. The molecule has 0 heterocycles. The third kappa shape index (κ3) is 4.42. The smallest absolute Gasteiger partial charge is 0.275 e. The highest BCUT2D eigenvalue weighted by molar-refractivity contribution is 6.01. The highest BCUT2D eigenvalue weighted by Crippen LogP contribution is 2.16. The number of ether oxygens (including phenoxy) is 1. The van der Waals surface area contributed by atoms with Crippen molar-refractivity contribution in [2.45, 2.75) is 26.7 Å². The molecule has 120 valence electrons. The number of benzene rings is 2. The van der Waals surface area contributed by atoms with Gasteiger partial charge >= 0.3 is 0 Å². The van der Waals surface area contributed by atoms with Crippen molar-refractivity contribution >= 4 is 11.6 Å². The van der Waals surface area contributed by atoms with Crippen molar-refractivity contribution in [3.8, 4) is 5.75 Å². The van der Waals surface area contributed by atoms with E-state index in [9.17, 15) is 4.79 Å². The average Bonchev–Trinajstić information content (AvgIpc) is 2.60. The molecule has 0 bridgehead atoms. The van der Waals surface area contributed by atoms with Crippen LogP contribution >= 0.6 is 0 Å². The van der Waals surface area contributed by atoms with E-state index < -0.39 is 0 Å². The minimum Gasteiger partial charge on any atom is -0.496 e. The van der Waals surface area contributed by atoms with E-state index in [1.807, 2.05) is 25.1 Å². The fraction of sp³-hybridized carbons (Fsp3) is 0.263. The summed E-state index contributed by atoms with van der Waals surface area (Å²) in [5.41, 5.74) is 6.10. The molecular weight excluding hydrogens is 288 g/mol. The van der Waals surface area contributed by atoms with Gasteiger partial charge in [0.1, 0.15) is 5.75 Å². The highest BCUT2D eigenvalue weighted by Gasteiger charge is 2.10. The molecular formula is C19H22N2O2. The second kappa shape index (κ2) is 8.13. The molecule has 2 rings (SSSR count).